The van der Waals surface area contributed by atoms with Crippen LogP contribution in [0.3, 0.4) is 0 Å². The van der Waals surface area contributed by atoms with Crippen LogP contribution in [0.1, 0.15) is 19.4 Å². The van der Waals surface area contributed by atoms with Crippen LogP contribution in [0.2, 0.25) is 0 Å². The van der Waals surface area contributed by atoms with Crippen LogP contribution in [0, 0.1) is 0 Å². The quantitative estimate of drug-likeness (QED) is 0.553. The third-order valence-corrected chi connectivity index (χ3v) is 6.14. The summed E-state index contributed by atoms with van der Waals surface area (Å²) in [5.74, 6) is 0.110. The normalized spacial score (nSPS) is 11.0. The van der Waals surface area contributed by atoms with Gasteiger partial charge >= 0.3 is 0 Å². The van der Waals surface area contributed by atoms with Crippen molar-refractivity contribution in [3.8, 4) is 11.3 Å². The highest BCUT2D eigenvalue weighted by molar-refractivity contribution is 9.10. The van der Waals surface area contributed by atoms with Gasteiger partial charge in [-0.15, -0.1) is 11.3 Å². The maximum absolute atomic E-state index is 13.1. The van der Waals surface area contributed by atoms with Crippen molar-refractivity contribution in [2.75, 3.05) is 24.5 Å². The number of amides is 1. The van der Waals surface area contributed by atoms with E-state index >= 15 is 0 Å². The molecular weight excluding hydrogens is 434 g/mol. The molecule has 3 rings (SSSR count). The highest BCUT2D eigenvalue weighted by Crippen LogP contribution is 2.29. The van der Waals surface area contributed by atoms with Crippen molar-refractivity contribution in [3.63, 3.8) is 0 Å². The molecule has 4 nitrogen and oxygen atoms in total. The maximum atomic E-state index is 13.1. The first-order valence-corrected chi connectivity index (χ1v) is 11.2. The number of benzene rings is 2. The number of rotatable bonds is 8. The average molecular weight is 459 g/mol. The first kappa shape index (κ1) is 20.7. The van der Waals surface area contributed by atoms with Crippen LogP contribution in [0.4, 0.5) is 5.13 Å². The van der Waals surface area contributed by atoms with Gasteiger partial charge < -0.3 is 4.90 Å². The van der Waals surface area contributed by atoms with E-state index in [2.05, 4.69) is 29.8 Å². The van der Waals surface area contributed by atoms with E-state index in [1.165, 1.54) is 16.2 Å². The molecule has 28 heavy (non-hydrogen) atoms. The predicted octanol–water partition coefficient (Wildman–Crippen LogP) is 4.03. The summed E-state index contributed by atoms with van der Waals surface area (Å²) in [7, 11) is 0. The molecule has 1 N–H and O–H groups in total. The van der Waals surface area contributed by atoms with Crippen molar-refractivity contribution < 1.29 is 9.69 Å². The molecule has 0 fully saturated rings. The van der Waals surface area contributed by atoms with Gasteiger partial charge in [-0.3, -0.25) is 9.69 Å². The predicted molar refractivity (Wildman–Crippen MR) is 120 cm³/mol. The summed E-state index contributed by atoms with van der Waals surface area (Å²) in [6, 6.07) is 18.2. The van der Waals surface area contributed by atoms with E-state index in [4.69, 9.17) is 4.98 Å². The number of hydrogen-bond donors (Lipinski definition) is 1. The number of carbonyl (C=O) groups is 1. The van der Waals surface area contributed by atoms with E-state index < -0.39 is 0 Å². The molecule has 0 radical (unpaired) electrons. The smallest absolute Gasteiger partial charge is 0.284 e. The largest absolute Gasteiger partial charge is 0.328 e. The number of thiazole rings is 1. The molecule has 0 aliphatic rings. The van der Waals surface area contributed by atoms with Crippen molar-refractivity contribution in [1.82, 2.24) is 4.98 Å². The van der Waals surface area contributed by atoms with E-state index in [0.717, 1.165) is 39.5 Å². The van der Waals surface area contributed by atoms with E-state index in [9.17, 15) is 4.79 Å². The summed E-state index contributed by atoms with van der Waals surface area (Å²) in [5.41, 5.74) is 3.05. The molecule has 0 aliphatic heterocycles. The minimum atomic E-state index is 0.110. The number of carbonyl (C=O) groups excluding carboxylic acids is 1. The minimum Gasteiger partial charge on any atom is -0.328 e. The third kappa shape index (κ3) is 5.28. The zero-order chi connectivity index (χ0) is 19.9. The number of hydrogen-bond acceptors (Lipinski definition) is 3. The average Bonchev–Trinajstić information content (AvgIpc) is 3.21. The second-order valence-electron chi connectivity index (χ2n) is 6.62. The molecule has 1 heterocycles. The first-order chi connectivity index (χ1) is 13.6. The summed E-state index contributed by atoms with van der Waals surface area (Å²) in [6.07, 6.45) is 0. The fourth-order valence-electron chi connectivity index (χ4n) is 2.98. The van der Waals surface area contributed by atoms with Gasteiger partial charge in [0.1, 0.15) is 0 Å². The topological polar surface area (TPSA) is 37.6 Å². The zero-order valence-corrected chi connectivity index (χ0v) is 18.6. The Bertz CT molecular complexity index is 892. The molecule has 146 valence electrons. The standard InChI is InChI=1S/C22H24BrN3OS/c1-3-25(4-2)15-21(27)26(14-17-8-6-5-7-9-17)22-24-20(16-28-22)18-10-12-19(23)13-11-18/h5-13,16H,3-4,14-15H2,1-2H3/p+1. The van der Waals surface area contributed by atoms with Crippen molar-refractivity contribution in [1.29, 1.82) is 0 Å². The second kappa shape index (κ2) is 9.96. The Balaban J connectivity index is 1.87. The lowest BCUT2D eigenvalue weighted by molar-refractivity contribution is -0.888. The molecule has 0 aliphatic carbocycles. The van der Waals surface area contributed by atoms with Crippen LogP contribution in [-0.2, 0) is 11.3 Å². The first-order valence-electron chi connectivity index (χ1n) is 9.50. The number of nitrogens with zero attached hydrogens (tertiary/aromatic N) is 2. The van der Waals surface area contributed by atoms with E-state index in [1.807, 2.05) is 64.9 Å². The molecule has 1 amide bonds. The summed E-state index contributed by atoms with van der Waals surface area (Å²) in [4.78, 5) is 21.0. The van der Waals surface area contributed by atoms with Gasteiger partial charge in [0.05, 0.1) is 25.3 Å². The number of aromatic nitrogens is 1. The molecule has 6 heteroatoms. The van der Waals surface area contributed by atoms with E-state index in [0.29, 0.717) is 13.1 Å². The highest BCUT2D eigenvalue weighted by atomic mass is 79.9. The number of halogens is 1. The zero-order valence-electron chi connectivity index (χ0n) is 16.2. The Morgan fingerprint density at radius 1 is 1.07 bits per heavy atom. The number of nitrogens with one attached hydrogen (secondary N) is 1. The molecule has 1 aromatic heterocycles. The van der Waals surface area contributed by atoms with Gasteiger partial charge in [0, 0.05) is 15.4 Å². The van der Waals surface area contributed by atoms with Crippen molar-refractivity contribution >= 4 is 38.3 Å². The Morgan fingerprint density at radius 3 is 2.39 bits per heavy atom. The van der Waals surface area contributed by atoms with Crippen molar-refractivity contribution in [2.45, 2.75) is 20.4 Å². The van der Waals surface area contributed by atoms with Crippen LogP contribution in [0.25, 0.3) is 11.3 Å². The summed E-state index contributed by atoms with van der Waals surface area (Å²) in [5, 5.41) is 2.77. The molecule has 0 bridgehead atoms. The lowest BCUT2D eigenvalue weighted by Gasteiger charge is -2.22. The monoisotopic (exact) mass is 458 g/mol. The summed E-state index contributed by atoms with van der Waals surface area (Å²) < 4.78 is 1.04. The van der Waals surface area contributed by atoms with Gasteiger partial charge in [-0.1, -0.05) is 58.4 Å². The number of quaternary nitrogens is 1. The van der Waals surface area contributed by atoms with Crippen LogP contribution >= 0.6 is 27.3 Å². The molecule has 0 spiro atoms. The van der Waals surface area contributed by atoms with Crippen LogP contribution in [0.5, 0.6) is 0 Å². The van der Waals surface area contributed by atoms with Gasteiger partial charge in [0.2, 0.25) is 0 Å². The lowest BCUT2D eigenvalue weighted by Crippen LogP contribution is -3.12. The number of likely N-dealkylation sites (N-methyl/N-ethyl adjacent to an activating group) is 1. The number of anilines is 1. The molecule has 2 aromatic carbocycles. The van der Waals surface area contributed by atoms with Crippen LogP contribution < -0.4 is 9.80 Å². The van der Waals surface area contributed by atoms with Crippen LogP contribution in [0.15, 0.2) is 64.5 Å². The molecule has 0 atom stereocenters. The summed E-state index contributed by atoms with van der Waals surface area (Å²) in [6.45, 7) is 7.11. The second-order valence-corrected chi connectivity index (χ2v) is 8.37. The van der Waals surface area contributed by atoms with Gasteiger partial charge in [-0.05, 0) is 31.5 Å². The van der Waals surface area contributed by atoms with Gasteiger partial charge in [-0.25, -0.2) is 4.98 Å². The molecule has 0 unspecified atom stereocenters. The fourth-order valence-corrected chi connectivity index (χ4v) is 4.09. The van der Waals surface area contributed by atoms with Gasteiger partial charge in [-0.2, -0.15) is 0 Å². The minimum absolute atomic E-state index is 0.110. The maximum Gasteiger partial charge on any atom is 0.284 e. The fraction of sp³-hybridized carbons (Fsp3) is 0.273. The SMILES string of the molecule is CC[NH+](CC)CC(=O)N(Cc1ccccc1)c1nc(-c2ccc(Br)cc2)cs1. The van der Waals surface area contributed by atoms with E-state index in [-0.39, 0.29) is 5.91 Å². The Hall–Kier alpha value is -2.02. The molecule has 3 aromatic rings. The van der Waals surface area contributed by atoms with Crippen LogP contribution in [-0.4, -0.2) is 30.5 Å². The lowest BCUT2D eigenvalue weighted by atomic mass is 10.2. The Morgan fingerprint density at radius 2 is 1.75 bits per heavy atom. The van der Waals surface area contributed by atoms with Gasteiger partial charge in [0.15, 0.2) is 11.7 Å². The molecular formula is C22H25BrN3OS+. The van der Waals surface area contributed by atoms with E-state index in [1.54, 1.807) is 0 Å². The molecule has 0 saturated heterocycles. The highest BCUT2D eigenvalue weighted by Gasteiger charge is 2.23. The molecule has 0 saturated carbocycles. The van der Waals surface area contributed by atoms with Crippen molar-refractivity contribution in [2.24, 2.45) is 0 Å². The Kier molecular flexibility index (Phi) is 7.36. The summed E-state index contributed by atoms with van der Waals surface area (Å²) >= 11 is 4.99. The Labute approximate surface area is 179 Å². The van der Waals surface area contributed by atoms with Gasteiger partial charge in [0.25, 0.3) is 5.91 Å². The van der Waals surface area contributed by atoms with Crippen molar-refractivity contribution in [3.05, 3.63) is 70.0 Å². The third-order valence-electron chi connectivity index (χ3n) is 4.75.